The van der Waals surface area contributed by atoms with Gasteiger partial charge in [0.1, 0.15) is 0 Å². The summed E-state index contributed by atoms with van der Waals surface area (Å²) in [5.41, 5.74) is 10.9. The molecule has 0 saturated carbocycles. The molecule has 0 fully saturated rings. The fraction of sp³-hybridized carbons (Fsp3) is 0.294. The molecule has 0 saturated heterocycles. The predicted octanol–water partition coefficient (Wildman–Crippen LogP) is 2.91. The SMILES string of the molecule is Cc1cc(C(N)CCc2ccnn2C)c2ccccc2n1. The number of hydrogen-bond acceptors (Lipinski definition) is 3. The van der Waals surface area contributed by atoms with E-state index in [1.165, 1.54) is 11.3 Å². The fourth-order valence-corrected chi connectivity index (χ4v) is 2.75. The largest absolute Gasteiger partial charge is 0.324 e. The van der Waals surface area contributed by atoms with Crippen LogP contribution in [0.2, 0.25) is 0 Å². The second-order valence-corrected chi connectivity index (χ2v) is 5.46. The van der Waals surface area contributed by atoms with E-state index in [0.717, 1.165) is 29.4 Å². The Morgan fingerprint density at radius 2 is 2.05 bits per heavy atom. The zero-order chi connectivity index (χ0) is 14.8. The summed E-state index contributed by atoms with van der Waals surface area (Å²) in [5.74, 6) is 0. The molecule has 0 amide bonds. The van der Waals surface area contributed by atoms with E-state index in [0.29, 0.717) is 0 Å². The first-order valence-electron chi connectivity index (χ1n) is 7.24. The van der Waals surface area contributed by atoms with Crippen molar-refractivity contribution in [3.05, 3.63) is 59.5 Å². The normalized spacial score (nSPS) is 12.7. The van der Waals surface area contributed by atoms with Crippen molar-refractivity contribution in [2.24, 2.45) is 12.8 Å². The number of para-hydroxylation sites is 1. The fourth-order valence-electron chi connectivity index (χ4n) is 2.75. The van der Waals surface area contributed by atoms with Crippen LogP contribution in [-0.2, 0) is 13.5 Å². The van der Waals surface area contributed by atoms with Gasteiger partial charge in [-0.2, -0.15) is 5.10 Å². The summed E-state index contributed by atoms with van der Waals surface area (Å²) in [7, 11) is 1.97. The molecule has 2 N–H and O–H groups in total. The molecule has 1 unspecified atom stereocenters. The van der Waals surface area contributed by atoms with Crippen LogP contribution in [0.25, 0.3) is 10.9 Å². The second-order valence-electron chi connectivity index (χ2n) is 5.46. The second kappa shape index (κ2) is 5.66. The molecular formula is C17H20N4. The van der Waals surface area contributed by atoms with E-state index < -0.39 is 0 Å². The molecule has 21 heavy (non-hydrogen) atoms. The van der Waals surface area contributed by atoms with Crippen LogP contribution in [-0.4, -0.2) is 14.8 Å². The van der Waals surface area contributed by atoms with Crippen molar-refractivity contribution in [2.75, 3.05) is 0 Å². The molecule has 1 atom stereocenters. The Hall–Kier alpha value is -2.20. The molecule has 2 heterocycles. The molecule has 0 radical (unpaired) electrons. The number of benzene rings is 1. The van der Waals surface area contributed by atoms with Gasteiger partial charge in [-0.15, -0.1) is 0 Å². The third kappa shape index (κ3) is 2.81. The average molecular weight is 280 g/mol. The number of hydrogen-bond donors (Lipinski definition) is 1. The molecule has 108 valence electrons. The lowest BCUT2D eigenvalue weighted by Gasteiger charge is -2.15. The van der Waals surface area contributed by atoms with E-state index in [-0.39, 0.29) is 6.04 Å². The van der Waals surface area contributed by atoms with Gasteiger partial charge in [-0.05, 0) is 43.5 Å². The van der Waals surface area contributed by atoms with Gasteiger partial charge >= 0.3 is 0 Å². The van der Waals surface area contributed by atoms with Crippen LogP contribution in [0.5, 0.6) is 0 Å². The number of nitrogens with zero attached hydrogens (tertiary/aromatic N) is 3. The van der Waals surface area contributed by atoms with Gasteiger partial charge in [0.15, 0.2) is 0 Å². The first kappa shape index (κ1) is 13.8. The highest BCUT2D eigenvalue weighted by Crippen LogP contribution is 2.25. The summed E-state index contributed by atoms with van der Waals surface area (Å²) in [6.45, 7) is 2.02. The Labute approximate surface area is 124 Å². The molecule has 4 nitrogen and oxygen atoms in total. The van der Waals surface area contributed by atoms with Crippen LogP contribution in [0.15, 0.2) is 42.6 Å². The zero-order valence-electron chi connectivity index (χ0n) is 12.5. The first-order chi connectivity index (χ1) is 10.1. The van der Waals surface area contributed by atoms with Gasteiger partial charge in [0, 0.05) is 36.1 Å². The van der Waals surface area contributed by atoms with Gasteiger partial charge in [0.25, 0.3) is 0 Å². The van der Waals surface area contributed by atoms with E-state index in [4.69, 9.17) is 5.73 Å². The molecule has 2 aromatic heterocycles. The monoisotopic (exact) mass is 280 g/mol. The van der Waals surface area contributed by atoms with E-state index in [2.05, 4.69) is 22.2 Å². The van der Waals surface area contributed by atoms with Crippen LogP contribution >= 0.6 is 0 Å². The van der Waals surface area contributed by atoms with Gasteiger partial charge in [-0.25, -0.2) is 0 Å². The van der Waals surface area contributed by atoms with Gasteiger partial charge in [-0.3, -0.25) is 9.67 Å². The molecule has 3 aromatic rings. The van der Waals surface area contributed by atoms with Crippen molar-refractivity contribution in [2.45, 2.75) is 25.8 Å². The minimum atomic E-state index is 0.00602. The number of fused-ring (bicyclic) bond motifs is 1. The topological polar surface area (TPSA) is 56.7 Å². The summed E-state index contributed by atoms with van der Waals surface area (Å²) in [6.07, 6.45) is 3.65. The Morgan fingerprint density at radius 3 is 2.81 bits per heavy atom. The smallest absolute Gasteiger partial charge is 0.0708 e. The maximum Gasteiger partial charge on any atom is 0.0708 e. The molecular weight excluding hydrogens is 260 g/mol. The molecule has 0 aliphatic carbocycles. The Balaban J connectivity index is 1.87. The summed E-state index contributed by atoms with van der Waals surface area (Å²) < 4.78 is 1.91. The molecule has 0 spiro atoms. The summed E-state index contributed by atoms with van der Waals surface area (Å²) in [6, 6.07) is 12.3. The Bertz CT molecular complexity index is 760. The molecule has 1 aromatic carbocycles. The average Bonchev–Trinajstić information content (AvgIpc) is 2.89. The first-order valence-corrected chi connectivity index (χ1v) is 7.24. The number of pyridine rings is 1. The minimum Gasteiger partial charge on any atom is -0.324 e. The molecule has 0 aliphatic heterocycles. The number of aromatic nitrogens is 3. The van der Waals surface area contributed by atoms with Gasteiger partial charge < -0.3 is 5.73 Å². The van der Waals surface area contributed by atoms with Gasteiger partial charge in [-0.1, -0.05) is 18.2 Å². The molecule has 0 bridgehead atoms. The lowest BCUT2D eigenvalue weighted by atomic mass is 9.97. The van der Waals surface area contributed by atoms with Crippen LogP contribution in [0.1, 0.15) is 29.4 Å². The number of aryl methyl sites for hydroxylation is 3. The minimum absolute atomic E-state index is 0.00602. The maximum atomic E-state index is 6.44. The summed E-state index contributed by atoms with van der Waals surface area (Å²) in [4.78, 5) is 4.57. The van der Waals surface area contributed by atoms with Crippen molar-refractivity contribution in [3.8, 4) is 0 Å². The van der Waals surface area contributed by atoms with Crippen molar-refractivity contribution >= 4 is 10.9 Å². The standard InChI is InChI=1S/C17H20N4/c1-12-11-15(14-5-3-4-6-17(14)20-12)16(18)8-7-13-9-10-19-21(13)2/h3-6,9-11,16H,7-8,18H2,1-2H3. The number of nitrogens with two attached hydrogens (primary N) is 1. The molecule has 3 rings (SSSR count). The van der Waals surface area contributed by atoms with Crippen molar-refractivity contribution in [1.82, 2.24) is 14.8 Å². The van der Waals surface area contributed by atoms with Crippen LogP contribution < -0.4 is 5.73 Å². The van der Waals surface area contributed by atoms with Crippen LogP contribution in [0.3, 0.4) is 0 Å². The summed E-state index contributed by atoms with van der Waals surface area (Å²) in [5, 5.41) is 5.35. The van der Waals surface area contributed by atoms with E-state index in [1.807, 2.05) is 49.1 Å². The van der Waals surface area contributed by atoms with Crippen molar-refractivity contribution < 1.29 is 0 Å². The highest BCUT2D eigenvalue weighted by Gasteiger charge is 2.12. The quantitative estimate of drug-likeness (QED) is 0.799. The van der Waals surface area contributed by atoms with E-state index >= 15 is 0 Å². The maximum absolute atomic E-state index is 6.44. The van der Waals surface area contributed by atoms with Gasteiger partial charge in [0.05, 0.1) is 5.52 Å². The third-order valence-electron chi connectivity index (χ3n) is 3.91. The lowest BCUT2D eigenvalue weighted by molar-refractivity contribution is 0.616. The number of rotatable bonds is 4. The Morgan fingerprint density at radius 1 is 1.24 bits per heavy atom. The third-order valence-corrected chi connectivity index (χ3v) is 3.91. The van der Waals surface area contributed by atoms with E-state index in [9.17, 15) is 0 Å². The van der Waals surface area contributed by atoms with Crippen molar-refractivity contribution in [1.29, 1.82) is 0 Å². The molecule has 4 heteroatoms. The summed E-state index contributed by atoms with van der Waals surface area (Å²) >= 11 is 0. The van der Waals surface area contributed by atoms with Crippen LogP contribution in [0, 0.1) is 6.92 Å². The van der Waals surface area contributed by atoms with Crippen molar-refractivity contribution in [3.63, 3.8) is 0 Å². The zero-order valence-corrected chi connectivity index (χ0v) is 12.5. The highest BCUT2D eigenvalue weighted by atomic mass is 15.2. The van der Waals surface area contributed by atoms with Crippen LogP contribution in [0.4, 0.5) is 0 Å². The molecule has 0 aliphatic rings. The van der Waals surface area contributed by atoms with E-state index in [1.54, 1.807) is 0 Å². The van der Waals surface area contributed by atoms with Gasteiger partial charge in [0.2, 0.25) is 0 Å². The highest BCUT2D eigenvalue weighted by molar-refractivity contribution is 5.82. The predicted molar refractivity (Wildman–Crippen MR) is 84.9 cm³/mol. The lowest BCUT2D eigenvalue weighted by Crippen LogP contribution is -2.13. The Kier molecular flexibility index (Phi) is 3.71.